The van der Waals surface area contributed by atoms with Gasteiger partial charge in [-0.25, -0.2) is 19.3 Å². The molecule has 1 amide bonds. The van der Waals surface area contributed by atoms with Crippen LogP contribution in [0.3, 0.4) is 0 Å². The molecule has 4 rings (SSSR count). The molecular formula is C21H21F4N7O. The molecule has 12 heteroatoms. The Morgan fingerprint density at radius 1 is 1.00 bits per heavy atom. The maximum Gasteiger partial charge on any atom is 0.449 e. The highest BCUT2D eigenvalue weighted by Crippen LogP contribution is 2.31. The van der Waals surface area contributed by atoms with Crippen molar-refractivity contribution >= 4 is 17.5 Å². The summed E-state index contributed by atoms with van der Waals surface area (Å²) in [6.07, 6.45) is -2.89. The summed E-state index contributed by atoms with van der Waals surface area (Å²) in [5.41, 5.74) is 0.599. The van der Waals surface area contributed by atoms with Gasteiger partial charge >= 0.3 is 6.18 Å². The normalized spacial score (nSPS) is 15.0. The zero-order chi connectivity index (χ0) is 23.8. The molecule has 2 aromatic heterocycles. The van der Waals surface area contributed by atoms with Crippen LogP contribution in [0.1, 0.15) is 16.2 Å². The van der Waals surface area contributed by atoms with Gasteiger partial charge in [-0.1, -0.05) is 0 Å². The Labute approximate surface area is 186 Å². The molecule has 3 aromatic rings. The number of rotatable bonds is 4. The number of hydrogen-bond acceptors (Lipinski definition) is 6. The van der Waals surface area contributed by atoms with Crippen LogP contribution in [0.15, 0.2) is 36.7 Å². The van der Waals surface area contributed by atoms with Crippen LogP contribution in [0.25, 0.3) is 11.4 Å². The van der Waals surface area contributed by atoms with Crippen molar-refractivity contribution in [3.63, 3.8) is 0 Å². The summed E-state index contributed by atoms with van der Waals surface area (Å²) < 4.78 is 54.1. The summed E-state index contributed by atoms with van der Waals surface area (Å²) in [5, 5.41) is 2.88. The molecule has 33 heavy (non-hydrogen) atoms. The van der Waals surface area contributed by atoms with Crippen molar-refractivity contribution in [2.24, 2.45) is 7.05 Å². The van der Waals surface area contributed by atoms with Gasteiger partial charge in [0, 0.05) is 44.5 Å². The minimum atomic E-state index is -4.68. The first kappa shape index (κ1) is 22.6. The molecule has 1 aromatic carbocycles. The van der Waals surface area contributed by atoms with E-state index in [2.05, 4.69) is 25.2 Å². The van der Waals surface area contributed by atoms with Gasteiger partial charge in [0.2, 0.25) is 11.8 Å². The Morgan fingerprint density at radius 3 is 2.27 bits per heavy atom. The zero-order valence-corrected chi connectivity index (χ0v) is 17.9. The van der Waals surface area contributed by atoms with Crippen molar-refractivity contribution < 1.29 is 22.4 Å². The lowest BCUT2D eigenvalue weighted by molar-refractivity contribution is -0.146. The van der Waals surface area contributed by atoms with E-state index >= 15 is 0 Å². The predicted octanol–water partition coefficient (Wildman–Crippen LogP) is 3.17. The highest BCUT2D eigenvalue weighted by atomic mass is 19.4. The molecule has 0 radical (unpaired) electrons. The highest BCUT2D eigenvalue weighted by molar-refractivity contribution is 5.94. The average Bonchev–Trinajstić information content (AvgIpc) is 3.17. The van der Waals surface area contributed by atoms with E-state index in [9.17, 15) is 22.4 Å². The van der Waals surface area contributed by atoms with E-state index in [1.807, 2.05) is 7.05 Å². The minimum Gasteiger partial charge on any atom is -0.336 e. The maximum absolute atomic E-state index is 14.3. The third-order valence-corrected chi connectivity index (χ3v) is 5.41. The van der Waals surface area contributed by atoms with Crippen LogP contribution < -0.4 is 5.32 Å². The molecule has 1 saturated heterocycles. The quantitative estimate of drug-likeness (QED) is 0.599. The number of benzene rings is 1. The van der Waals surface area contributed by atoms with Crippen LogP contribution in [0.4, 0.5) is 29.2 Å². The van der Waals surface area contributed by atoms with Gasteiger partial charge in [0.25, 0.3) is 5.91 Å². The van der Waals surface area contributed by atoms with Crippen molar-refractivity contribution in [3.8, 4) is 11.4 Å². The van der Waals surface area contributed by atoms with Gasteiger partial charge < -0.3 is 19.7 Å². The molecule has 0 spiro atoms. The number of carbonyl (C=O) groups is 1. The lowest BCUT2D eigenvalue weighted by Gasteiger charge is -2.32. The van der Waals surface area contributed by atoms with E-state index in [4.69, 9.17) is 0 Å². The second-order valence-electron chi connectivity index (χ2n) is 7.71. The van der Waals surface area contributed by atoms with Crippen LogP contribution in [-0.2, 0) is 13.2 Å². The van der Waals surface area contributed by atoms with Crippen LogP contribution in [0.5, 0.6) is 0 Å². The van der Waals surface area contributed by atoms with Gasteiger partial charge in [-0.15, -0.1) is 0 Å². The summed E-state index contributed by atoms with van der Waals surface area (Å²) in [5.74, 6) is -2.12. The minimum absolute atomic E-state index is 0.0145. The number of alkyl halides is 3. The Bertz CT molecular complexity index is 1150. The van der Waals surface area contributed by atoms with E-state index < -0.39 is 17.8 Å². The van der Waals surface area contributed by atoms with Crippen molar-refractivity contribution in [3.05, 3.63) is 53.9 Å². The van der Waals surface area contributed by atoms with Gasteiger partial charge in [-0.3, -0.25) is 4.79 Å². The van der Waals surface area contributed by atoms with E-state index in [1.54, 1.807) is 29.2 Å². The van der Waals surface area contributed by atoms with Gasteiger partial charge in [0.1, 0.15) is 5.69 Å². The van der Waals surface area contributed by atoms with E-state index in [1.165, 1.54) is 0 Å². The second kappa shape index (κ2) is 8.77. The Hall–Kier alpha value is -3.54. The second-order valence-corrected chi connectivity index (χ2v) is 7.71. The third kappa shape index (κ3) is 4.80. The molecule has 0 unspecified atom stereocenters. The number of hydrogen-bond donors (Lipinski definition) is 1. The van der Waals surface area contributed by atoms with Crippen LogP contribution in [-0.4, -0.2) is 68.5 Å². The Kier molecular flexibility index (Phi) is 6.02. The van der Waals surface area contributed by atoms with Gasteiger partial charge in [-0.2, -0.15) is 13.2 Å². The van der Waals surface area contributed by atoms with Crippen LogP contribution >= 0.6 is 0 Å². The number of nitrogens with one attached hydrogen (secondary N) is 1. The molecule has 1 aliphatic heterocycles. The molecule has 174 valence electrons. The number of nitrogens with zero attached hydrogens (tertiary/aromatic N) is 6. The molecule has 0 saturated carbocycles. The van der Waals surface area contributed by atoms with Gasteiger partial charge in [0.05, 0.1) is 18.1 Å². The molecule has 1 fully saturated rings. The number of anilines is 2. The first-order valence-corrected chi connectivity index (χ1v) is 10.1. The van der Waals surface area contributed by atoms with E-state index in [0.29, 0.717) is 24.3 Å². The number of halogens is 4. The van der Waals surface area contributed by atoms with Crippen molar-refractivity contribution in [1.82, 2.24) is 29.3 Å². The molecule has 0 atom stereocenters. The smallest absolute Gasteiger partial charge is 0.336 e. The fourth-order valence-corrected chi connectivity index (χ4v) is 3.52. The number of aromatic nitrogens is 4. The lowest BCUT2D eigenvalue weighted by atomic mass is 10.1. The average molecular weight is 463 g/mol. The van der Waals surface area contributed by atoms with Crippen molar-refractivity contribution in [2.75, 3.05) is 38.5 Å². The van der Waals surface area contributed by atoms with Gasteiger partial charge in [-0.05, 0) is 31.3 Å². The predicted molar refractivity (Wildman–Crippen MR) is 112 cm³/mol. The topological polar surface area (TPSA) is 79.2 Å². The van der Waals surface area contributed by atoms with Crippen molar-refractivity contribution in [1.29, 1.82) is 0 Å². The fourth-order valence-electron chi connectivity index (χ4n) is 3.52. The molecule has 1 N–H and O–H groups in total. The molecule has 3 heterocycles. The molecule has 0 bridgehead atoms. The first-order chi connectivity index (χ1) is 15.6. The number of carbonyl (C=O) groups excluding carboxylic acids is 1. The summed E-state index contributed by atoms with van der Waals surface area (Å²) in [7, 11) is 3.14. The molecule has 1 aliphatic rings. The number of piperazine rings is 1. The third-order valence-electron chi connectivity index (χ3n) is 5.41. The standard InChI is InChI=1S/C21H21F4N7O/c1-30-7-9-32(10-8-30)18(33)13-3-5-14(6-4-13)28-20-27-11-15(22)17(29-20)16-12-26-19(31(16)2)21(23,24)25/h3-6,11-12H,7-10H2,1-2H3,(H,27,28,29). The van der Waals surface area contributed by atoms with E-state index in [-0.39, 0.29) is 23.2 Å². The summed E-state index contributed by atoms with van der Waals surface area (Å²) in [6, 6.07) is 6.62. The Balaban J connectivity index is 1.51. The number of imidazole rings is 1. The monoisotopic (exact) mass is 463 g/mol. The van der Waals surface area contributed by atoms with Crippen LogP contribution in [0, 0.1) is 5.82 Å². The first-order valence-electron chi connectivity index (χ1n) is 10.1. The largest absolute Gasteiger partial charge is 0.449 e. The number of amides is 1. The van der Waals surface area contributed by atoms with E-state index in [0.717, 1.165) is 37.1 Å². The summed E-state index contributed by atoms with van der Waals surface area (Å²) >= 11 is 0. The molecular weight excluding hydrogens is 442 g/mol. The van der Waals surface area contributed by atoms with Crippen molar-refractivity contribution in [2.45, 2.75) is 6.18 Å². The Morgan fingerprint density at radius 2 is 1.67 bits per heavy atom. The van der Waals surface area contributed by atoms with Gasteiger partial charge in [0.15, 0.2) is 5.82 Å². The lowest BCUT2D eigenvalue weighted by Crippen LogP contribution is -2.47. The zero-order valence-electron chi connectivity index (χ0n) is 17.9. The number of likely N-dealkylation sites (N-methyl/N-ethyl adjacent to an activating group) is 1. The maximum atomic E-state index is 14.3. The SMILES string of the molecule is CN1CCN(C(=O)c2ccc(Nc3ncc(F)c(-c4cnc(C(F)(F)F)n4C)n3)cc2)CC1. The summed E-state index contributed by atoms with van der Waals surface area (Å²) in [6.45, 7) is 2.95. The molecule has 8 nitrogen and oxygen atoms in total. The molecule has 0 aliphatic carbocycles. The fraction of sp³-hybridized carbons (Fsp3) is 0.333. The highest BCUT2D eigenvalue weighted by Gasteiger charge is 2.37. The summed E-state index contributed by atoms with van der Waals surface area (Å²) in [4.78, 5) is 27.8. The van der Waals surface area contributed by atoms with Crippen LogP contribution in [0.2, 0.25) is 0 Å².